The van der Waals surface area contributed by atoms with Gasteiger partial charge in [-0.15, -0.1) is 0 Å². The van der Waals surface area contributed by atoms with Gasteiger partial charge in [0, 0.05) is 49.3 Å². The van der Waals surface area contributed by atoms with Crippen molar-refractivity contribution in [2.24, 2.45) is 5.92 Å². The van der Waals surface area contributed by atoms with Crippen molar-refractivity contribution < 1.29 is 14.6 Å². The summed E-state index contributed by atoms with van der Waals surface area (Å²) in [5.74, 6) is 0.0962. The van der Waals surface area contributed by atoms with Crippen LogP contribution in [0.15, 0.2) is 42.5 Å². The number of piperidine rings is 1. The fourth-order valence-electron chi connectivity index (χ4n) is 5.55. The molecule has 2 aromatic rings. The monoisotopic (exact) mass is 581 g/mol. The average Bonchev–Trinajstić information content (AvgIpc) is 2.84. The van der Waals surface area contributed by atoms with Crippen LogP contribution in [0.25, 0.3) is 0 Å². The minimum Gasteiger partial charge on any atom is -0.444 e. The molecule has 0 bridgehead atoms. The molecule has 2 unspecified atom stereocenters. The molecule has 0 saturated carbocycles. The van der Waals surface area contributed by atoms with Gasteiger partial charge in [-0.25, -0.2) is 4.79 Å². The summed E-state index contributed by atoms with van der Waals surface area (Å²) in [6, 6.07) is 13.6. The van der Waals surface area contributed by atoms with Crippen LogP contribution in [0.4, 0.5) is 10.5 Å². The Labute approximate surface area is 241 Å². The third-order valence-electron chi connectivity index (χ3n) is 7.51. The van der Waals surface area contributed by atoms with Crippen molar-refractivity contribution in [2.45, 2.75) is 57.8 Å². The zero-order valence-corrected chi connectivity index (χ0v) is 24.9. The molecular formula is C29H38Cl3N3O3. The largest absolute Gasteiger partial charge is 0.444 e. The summed E-state index contributed by atoms with van der Waals surface area (Å²) in [6.45, 7) is 11.6. The number of aliphatic hydroxyl groups is 1. The fourth-order valence-corrected chi connectivity index (χ4v) is 6.19. The standard InChI is InChI=1S/C29H38Cl3N3O3/c1-28(2,3)38-27(36)34-13-11-21(12-14-34)29(4,37)19-33-15-16-35(25-10-9-23(31)17-24(25)32)26(18-33)20-5-7-22(30)8-6-20/h5-10,17,21,26,37H,11-16,18-19H2,1-4H3. The summed E-state index contributed by atoms with van der Waals surface area (Å²) >= 11 is 19.0. The van der Waals surface area contributed by atoms with Crippen molar-refractivity contribution in [3.8, 4) is 0 Å². The van der Waals surface area contributed by atoms with Gasteiger partial charge in [0.2, 0.25) is 0 Å². The number of anilines is 1. The van der Waals surface area contributed by atoms with Gasteiger partial charge in [-0.1, -0.05) is 46.9 Å². The number of amides is 1. The van der Waals surface area contributed by atoms with E-state index in [9.17, 15) is 9.90 Å². The molecule has 2 saturated heterocycles. The lowest BCUT2D eigenvalue weighted by atomic mass is 9.81. The van der Waals surface area contributed by atoms with E-state index in [1.807, 2.05) is 52.0 Å². The summed E-state index contributed by atoms with van der Waals surface area (Å²) in [7, 11) is 0. The topological polar surface area (TPSA) is 56.2 Å². The van der Waals surface area contributed by atoms with E-state index < -0.39 is 11.2 Å². The maximum atomic E-state index is 12.5. The van der Waals surface area contributed by atoms with Crippen LogP contribution in [0.1, 0.15) is 52.1 Å². The zero-order valence-electron chi connectivity index (χ0n) is 22.6. The molecule has 1 N–H and O–H groups in total. The minimum atomic E-state index is -0.884. The minimum absolute atomic E-state index is 0.0320. The van der Waals surface area contributed by atoms with Gasteiger partial charge in [-0.05, 0) is 82.3 Å². The molecule has 2 heterocycles. The van der Waals surface area contributed by atoms with Crippen LogP contribution in [0.2, 0.25) is 15.1 Å². The molecule has 2 fully saturated rings. The van der Waals surface area contributed by atoms with Crippen molar-refractivity contribution in [2.75, 3.05) is 44.2 Å². The Morgan fingerprint density at radius 3 is 2.18 bits per heavy atom. The highest BCUT2D eigenvalue weighted by Crippen LogP contribution is 2.38. The highest BCUT2D eigenvalue weighted by molar-refractivity contribution is 6.36. The van der Waals surface area contributed by atoms with Crippen molar-refractivity contribution >= 4 is 46.6 Å². The van der Waals surface area contributed by atoms with Crippen LogP contribution >= 0.6 is 34.8 Å². The Balaban J connectivity index is 1.45. The van der Waals surface area contributed by atoms with Crippen molar-refractivity contribution in [1.82, 2.24) is 9.80 Å². The van der Waals surface area contributed by atoms with Crippen LogP contribution in [0.5, 0.6) is 0 Å². The number of likely N-dealkylation sites (tertiary alicyclic amines) is 1. The molecule has 6 nitrogen and oxygen atoms in total. The molecule has 4 rings (SSSR count). The van der Waals surface area contributed by atoms with Crippen LogP contribution < -0.4 is 4.90 Å². The Morgan fingerprint density at radius 2 is 1.58 bits per heavy atom. The quantitative estimate of drug-likeness (QED) is 0.415. The van der Waals surface area contributed by atoms with E-state index in [1.54, 1.807) is 11.0 Å². The first-order valence-corrected chi connectivity index (χ1v) is 14.4. The first-order chi connectivity index (χ1) is 17.8. The second-order valence-corrected chi connectivity index (χ2v) is 13.0. The second kappa shape index (κ2) is 11.8. The number of nitrogens with zero attached hydrogens (tertiary/aromatic N) is 3. The molecule has 0 spiro atoms. The average molecular weight is 583 g/mol. The number of piperazine rings is 1. The highest BCUT2D eigenvalue weighted by Gasteiger charge is 2.39. The van der Waals surface area contributed by atoms with E-state index in [0.29, 0.717) is 34.7 Å². The molecule has 9 heteroatoms. The zero-order chi connectivity index (χ0) is 27.7. The molecule has 2 atom stereocenters. The number of hydrogen-bond acceptors (Lipinski definition) is 5. The van der Waals surface area contributed by atoms with Crippen molar-refractivity contribution in [3.05, 3.63) is 63.1 Å². The van der Waals surface area contributed by atoms with E-state index >= 15 is 0 Å². The van der Waals surface area contributed by atoms with E-state index in [2.05, 4.69) is 21.9 Å². The van der Waals surface area contributed by atoms with E-state index in [4.69, 9.17) is 39.5 Å². The van der Waals surface area contributed by atoms with Gasteiger partial charge in [-0.2, -0.15) is 0 Å². The lowest BCUT2D eigenvalue weighted by molar-refractivity contribution is -0.0564. The summed E-state index contributed by atoms with van der Waals surface area (Å²) < 4.78 is 5.53. The molecule has 208 valence electrons. The van der Waals surface area contributed by atoms with Crippen LogP contribution in [-0.2, 0) is 4.74 Å². The van der Waals surface area contributed by atoms with Gasteiger partial charge in [0.05, 0.1) is 22.4 Å². The normalized spacial score (nSPS) is 21.3. The molecular weight excluding hydrogens is 545 g/mol. The highest BCUT2D eigenvalue weighted by atomic mass is 35.5. The number of hydrogen-bond donors (Lipinski definition) is 1. The number of ether oxygens (including phenoxy) is 1. The first-order valence-electron chi connectivity index (χ1n) is 13.2. The van der Waals surface area contributed by atoms with E-state index in [-0.39, 0.29) is 18.1 Å². The number of halogens is 3. The molecule has 38 heavy (non-hydrogen) atoms. The van der Waals surface area contributed by atoms with Crippen LogP contribution in [0.3, 0.4) is 0 Å². The van der Waals surface area contributed by atoms with E-state index in [0.717, 1.165) is 43.7 Å². The summed E-state index contributed by atoms with van der Waals surface area (Å²) in [5, 5.41) is 13.5. The lowest BCUT2D eigenvalue weighted by Crippen LogP contribution is -2.56. The summed E-state index contributed by atoms with van der Waals surface area (Å²) in [4.78, 5) is 18.9. The summed E-state index contributed by atoms with van der Waals surface area (Å²) in [6.07, 6.45) is 1.21. The van der Waals surface area contributed by atoms with Crippen LogP contribution in [-0.4, -0.2) is 71.5 Å². The maximum Gasteiger partial charge on any atom is 0.410 e. The number of carbonyl (C=O) groups excluding carboxylic acids is 1. The Bertz CT molecular complexity index is 1110. The van der Waals surface area contributed by atoms with Crippen molar-refractivity contribution in [1.29, 1.82) is 0 Å². The van der Waals surface area contributed by atoms with Gasteiger partial charge in [0.1, 0.15) is 5.60 Å². The SMILES string of the molecule is CC(C)(C)OC(=O)N1CCC(C(C)(O)CN2CCN(c3ccc(Cl)cc3Cl)C(c3ccc(Cl)cc3)C2)CC1. The Hall–Kier alpha value is -1.70. The fraction of sp³-hybridized carbons (Fsp3) is 0.552. The number of rotatable bonds is 5. The molecule has 0 radical (unpaired) electrons. The second-order valence-electron chi connectivity index (χ2n) is 11.7. The predicted octanol–water partition coefficient (Wildman–Crippen LogP) is 6.91. The van der Waals surface area contributed by atoms with E-state index in [1.165, 1.54) is 0 Å². The molecule has 0 aliphatic carbocycles. The first kappa shape index (κ1) is 29.3. The molecule has 2 aliphatic rings. The molecule has 2 aliphatic heterocycles. The number of benzene rings is 2. The number of β-amino-alcohol motifs (C(OH)–C–C–N with tert-alkyl or cyclic N) is 1. The summed E-state index contributed by atoms with van der Waals surface area (Å²) in [5.41, 5.74) is 0.677. The molecule has 1 amide bonds. The molecule has 2 aromatic carbocycles. The Morgan fingerprint density at radius 1 is 0.947 bits per heavy atom. The van der Waals surface area contributed by atoms with Gasteiger partial charge in [0.25, 0.3) is 0 Å². The van der Waals surface area contributed by atoms with Gasteiger partial charge >= 0.3 is 6.09 Å². The van der Waals surface area contributed by atoms with Crippen molar-refractivity contribution in [3.63, 3.8) is 0 Å². The van der Waals surface area contributed by atoms with Gasteiger partial charge in [0.15, 0.2) is 0 Å². The lowest BCUT2D eigenvalue weighted by Gasteiger charge is -2.47. The smallest absolute Gasteiger partial charge is 0.410 e. The maximum absolute atomic E-state index is 12.5. The van der Waals surface area contributed by atoms with Gasteiger partial charge in [-0.3, -0.25) is 4.90 Å². The van der Waals surface area contributed by atoms with Gasteiger partial charge < -0.3 is 19.6 Å². The number of carbonyl (C=O) groups is 1. The third kappa shape index (κ3) is 7.28. The third-order valence-corrected chi connectivity index (χ3v) is 8.30. The van der Waals surface area contributed by atoms with Crippen LogP contribution in [0, 0.1) is 5.92 Å². The Kier molecular flexibility index (Phi) is 9.10. The predicted molar refractivity (Wildman–Crippen MR) is 156 cm³/mol. The molecule has 0 aromatic heterocycles.